The molecule has 1 nitrogen and oxygen atoms in total. The van der Waals surface area contributed by atoms with Crippen LogP contribution in [0, 0.1) is 11.2 Å². The molecule has 0 spiro atoms. The summed E-state index contributed by atoms with van der Waals surface area (Å²) in [6, 6.07) is 1.91. The molecule has 0 atom stereocenters. The molecule has 0 unspecified atom stereocenters. The van der Waals surface area contributed by atoms with Gasteiger partial charge in [-0.2, -0.15) is 4.37 Å². The van der Waals surface area contributed by atoms with Crippen LogP contribution in [0.1, 0.15) is 4.88 Å². The predicted molar refractivity (Wildman–Crippen MR) is 42.5 cm³/mol. The molecule has 0 fully saturated rings. The van der Waals surface area contributed by atoms with Crippen LogP contribution in [0.15, 0.2) is 12.3 Å². The van der Waals surface area contributed by atoms with Gasteiger partial charge < -0.3 is 0 Å². The molecule has 0 bridgehead atoms. The summed E-state index contributed by atoms with van der Waals surface area (Å²) >= 11 is 2.94. The van der Waals surface area contributed by atoms with E-state index in [9.17, 15) is 0 Å². The Morgan fingerprint density at radius 1 is 1.78 bits per heavy atom. The lowest BCUT2D eigenvalue weighted by Crippen LogP contribution is -1.55. The molecule has 0 amide bonds. The zero-order valence-electron chi connectivity index (χ0n) is 4.92. The quantitative estimate of drug-likeness (QED) is 0.530. The highest BCUT2D eigenvalue weighted by molar-refractivity contribution is 8.03. The molecule has 0 saturated carbocycles. The first-order valence-electron chi connectivity index (χ1n) is 2.38. The highest BCUT2D eigenvalue weighted by Gasteiger charge is 1.83. The SMILES string of the molecule is CSC#Cc1ccns1. The molecule has 1 heterocycles. The lowest BCUT2D eigenvalue weighted by Gasteiger charge is -1.70. The van der Waals surface area contributed by atoms with Gasteiger partial charge >= 0.3 is 0 Å². The second-order valence-electron chi connectivity index (χ2n) is 1.31. The zero-order chi connectivity index (χ0) is 6.53. The van der Waals surface area contributed by atoms with Gasteiger partial charge in [0.1, 0.15) is 0 Å². The molecule has 0 N–H and O–H groups in total. The highest BCUT2D eigenvalue weighted by Crippen LogP contribution is 2.01. The minimum absolute atomic E-state index is 1.03. The van der Waals surface area contributed by atoms with Crippen molar-refractivity contribution in [3.05, 3.63) is 17.1 Å². The van der Waals surface area contributed by atoms with Gasteiger partial charge in [-0.25, -0.2) is 0 Å². The van der Waals surface area contributed by atoms with E-state index in [0.29, 0.717) is 0 Å². The Balaban J connectivity index is 2.67. The van der Waals surface area contributed by atoms with Crippen LogP contribution in [0.4, 0.5) is 0 Å². The van der Waals surface area contributed by atoms with Crippen molar-refractivity contribution < 1.29 is 0 Å². The number of hydrogen-bond acceptors (Lipinski definition) is 3. The fraction of sp³-hybridized carbons (Fsp3) is 0.167. The molecular weight excluding hydrogens is 150 g/mol. The van der Waals surface area contributed by atoms with Gasteiger partial charge in [0, 0.05) is 6.20 Å². The molecule has 0 aliphatic heterocycles. The number of thioether (sulfide) groups is 1. The Kier molecular flexibility index (Phi) is 2.62. The Morgan fingerprint density at radius 2 is 2.67 bits per heavy atom. The molecule has 3 heteroatoms. The molecule has 9 heavy (non-hydrogen) atoms. The monoisotopic (exact) mass is 155 g/mol. The average Bonchev–Trinajstić information content (AvgIpc) is 2.34. The van der Waals surface area contributed by atoms with Crippen LogP contribution in [0.5, 0.6) is 0 Å². The standard InChI is InChI=1S/C6H5NS2/c1-8-5-3-6-2-4-7-9-6/h2,4H,1H3. The molecule has 0 saturated heterocycles. The van der Waals surface area contributed by atoms with E-state index in [0.717, 1.165) is 4.88 Å². The Hall–Kier alpha value is -0.460. The van der Waals surface area contributed by atoms with Gasteiger partial charge in [0.05, 0.1) is 4.88 Å². The molecule has 1 aromatic rings. The smallest absolute Gasteiger partial charge is 0.0984 e. The first kappa shape index (κ1) is 6.66. The predicted octanol–water partition coefficient (Wildman–Crippen LogP) is 1.82. The summed E-state index contributed by atoms with van der Waals surface area (Å²) < 4.78 is 3.90. The van der Waals surface area contributed by atoms with Crippen LogP contribution < -0.4 is 0 Å². The van der Waals surface area contributed by atoms with Crippen molar-refractivity contribution in [2.24, 2.45) is 0 Å². The Morgan fingerprint density at radius 3 is 3.22 bits per heavy atom. The van der Waals surface area contributed by atoms with E-state index in [1.807, 2.05) is 12.3 Å². The Bertz CT molecular complexity index is 217. The number of rotatable bonds is 0. The number of nitrogens with zero attached hydrogens (tertiary/aromatic N) is 1. The third-order valence-corrected chi connectivity index (χ3v) is 1.68. The van der Waals surface area contributed by atoms with Crippen LogP contribution in [-0.2, 0) is 0 Å². The van der Waals surface area contributed by atoms with E-state index in [1.54, 1.807) is 6.20 Å². The van der Waals surface area contributed by atoms with Crippen molar-refractivity contribution in [1.29, 1.82) is 0 Å². The van der Waals surface area contributed by atoms with Crippen molar-refractivity contribution in [1.82, 2.24) is 4.37 Å². The molecule has 0 aliphatic rings. The second kappa shape index (κ2) is 3.54. The minimum atomic E-state index is 1.03. The van der Waals surface area contributed by atoms with Gasteiger partial charge in [0.15, 0.2) is 0 Å². The largest absolute Gasteiger partial charge is 0.200 e. The van der Waals surface area contributed by atoms with Gasteiger partial charge in [-0.1, -0.05) is 11.8 Å². The summed E-state index contributed by atoms with van der Waals surface area (Å²) in [6.45, 7) is 0. The van der Waals surface area contributed by atoms with E-state index in [4.69, 9.17) is 0 Å². The molecule has 0 aliphatic carbocycles. The van der Waals surface area contributed by atoms with Crippen molar-refractivity contribution >= 4 is 23.3 Å². The van der Waals surface area contributed by atoms with E-state index in [2.05, 4.69) is 15.5 Å². The van der Waals surface area contributed by atoms with Gasteiger partial charge in [0.25, 0.3) is 0 Å². The molecule has 0 radical (unpaired) electrons. The summed E-state index contributed by atoms with van der Waals surface area (Å²) in [7, 11) is 0. The van der Waals surface area contributed by atoms with Crippen molar-refractivity contribution in [2.45, 2.75) is 0 Å². The fourth-order valence-corrected chi connectivity index (χ4v) is 1.11. The van der Waals surface area contributed by atoms with Crippen LogP contribution in [0.2, 0.25) is 0 Å². The number of aromatic nitrogens is 1. The summed E-state index contributed by atoms with van der Waals surface area (Å²) in [5, 5.41) is 2.89. The lowest BCUT2D eigenvalue weighted by molar-refractivity contribution is 1.58. The van der Waals surface area contributed by atoms with Crippen LogP contribution in [-0.4, -0.2) is 10.6 Å². The van der Waals surface area contributed by atoms with E-state index in [-0.39, 0.29) is 0 Å². The van der Waals surface area contributed by atoms with Gasteiger partial charge in [-0.05, 0) is 35.0 Å². The molecule has 46 valence electrons. The maximum atomic E-state index is 3.90. The van der Waals surface area contributed by atoms with Crippen molar-refractivity contribution in [3.8, 4) is 11.2 Å². The number of hydrogen-bond donors (Lipinski definition) is 0. The topological polar surface area (TPSA) is 12.9 Å². The summed E-state index contributed by atoms with van der Waals surface area (Å²) in [4.78, 5) is 1.03. The Labute approximate surface area is 62.6 Å². The van der Waals surface area contributed by atoms with E-state index >= 15 is 0 Å². The van der Waals surface area contributed by atoms with Crippen molar-refractivity contribution in [2.75, 3.05) is 6.26 Å². The van der Waals surface area contributed by atoms with Crippen LogP contribution in [0.25, 0.3) is 0 Å². The third-order valence-electron chi connectivity index (χ3n) is 0.714. The second-order valence-corrected chi connectivity index (χ2v) is 2.75. The highest BCUT2D eigenvalue weighted by atomic mass is 32.2. The fourth-order valence-electron chi connectivity index (χ4n) is 0.382. The van der Waals surface area contributed by atoms with Crippen LogP contribution in [0.3, 0.4) is 0 Å². The van der Waals surface area contributed by atoms with E-state index < -0.39 is 0 Å². The molecule has 0 aromatic carbocycles. The van der Waals surface area contributed by atoms with Crippen molar-refractivity contribution in [3.63, 3.8) is 0 Å². The molecule has 1 aromatic heterocycles. The van der Waals surface area contributed by atoms with Gasteiger partial charge in [-0.3, -0.25) is 0 Å². The van der Waals surface area contributed by atoms with E-state index in [1.165, 1.54) is 23.3 Å². The molecule has 1 rings (SSSR count). The molecular formula is C6H5NS2. The first-order chi connectivity index (χ1) is 4.43. The van der Waals surface area contributed by atoms with Gasteiger partial charge in [-0.15, -0.1) is 0 Å². The maximum absolute atomic E-state index is 3.90. The lowest BCUT2D eigenvalue weighted by atomic mass is 10.5. The summed E-state index contributed by atoms with van der Waals surface area (Å²) in [6.07, 6.45) is 3.71. The average molecular weight is 155 g/mol. The maximum Gasteiger partial charge on any atom is 0.0984 e. The minimum Gasteiger partial charge on any atom is -0.200 e. The zero-order valence-corrected chi connectivity index (χ0v) is 6.55. The summed E-state index contributed by atoms with van der Waals surface area (Å²) in [5.74, 6) is 2.94. The third kappa shape index (κ3) is 2.08. The first-order valence-corrected chi connectivity index (χ1v) is 4.38. The normalized spacial score (nSPS) is 8.11. The van der Waals surface area contributed by atoms with Crippen LogP contribution >= 0.6 is 23.3 Å². The van der Waals surface area contributed by atoms with Gasteiger partial charge in [0.2, 0.25) is 0 Å². The summed E-state index contributed by atoms with van der Waals surface area (Å²) in [5.41, 5.74) is 0.